The third-order valence-corrected chi connectivity index (χ3v) is 1.55. The number of hydrogen-bond donors (Lipinski definition) is 2. The molecule has 0 spiro atoms. The summed E-state index contributed by atoms with van der Waals surface area (Å²) in [5.74, 6) is -0.0825. The summed E-state index contributed by atoms with van der Waals surface area (Å²) in [6.45, 7) is 0.138. The molecular weight excluding hydrogens is 197 g/mol. The van der Waals surface area contributed by atoms with Gasteiger partial charge >= 0.3 is 5.51 Å². The number of halogens is 3. The highest BCUT2D eigenvalue weighted by molar-refractivity contribution is 8.00. The second-order valence-corrected chi connectivity index (χ2v) is 3.18. The molecule has 66 valence electrons. The van der Waals surface area contributed by atoms with E-state index in [1.807, 2.05) is 0 Å². The highest BCUT2D eigenvalue weighted by Crippen LogP contribution is 2.29. The summed E-state index contributed by atoms with van der Waals surface area (Å²) < 4.78 is 34.4. The average Bonchev–Trinajstić information content (AvgIpc) is 1.78. The molecule has 0 aromatic rings. The zero-order chi connectivity index (χ0) is 8.91. The largest absolute Gasteiger partial charge is 0.441 e. The maximum Gasteiger partial charge on any atom is 0.441 e. The lowest BCUT2D eigenvalue weighted by atomic mass is 10.7. The Balaban J connectivity index is 3.22. The Hall–Kier alpha value is -0.170. The highest BCUT2D eigenvalue weighted by Gasteiger charge is 2.27. The van der Waals surface area contributed by atoms with Crippen LogP contribution in [0.1, 0.15) is 0 Å². The van der Waals surface area contributed by atoms with Crippen molar-refractivity contribution in [1.29, 1.82) is 0 Å². The van der Waals surface area contributed by atoms with Gasteiger partial charge in [0.05, 0.1) is 0 Å². The number of thiocarbonyl (C=S) groups is 1. The van der Waals surface area contributed by atoms with Crippen molar-refractivity contribution in [3.05, 3.63) is 0 Å². The van der Waals surface area contributed by atoms with E-state index in [0.717, 1.165) is 0 Å². The van der Waals surface area contributed by atoms with E-state index in [-0.39, 0.29) is 29.2 Å². The fourth-order valence-electron chi connectivity index (χ4n) is 0.341. The first kappa shape index (κ1) is 10.8. The van der Waals surface area contributed by atoms with Crippen LogP contribution in [-0.4, -0.2) is 22.9 Å². The van der Waals surface area contributed by atoms with E-state index in [2.05, 4.69) is 17.5 Å². The first-order valence-corrected chi connectivity index (χ1v) is 4.05. The van der Waals surface area contributed by atoms with Crippen LogP contribution in [0.15, 0.2) is 0 Å². The number of nitrogens with one attached hydrogen (secondary N) is 1. The Bertz CT molecular complexity index is 136. The van der Waals surface area contributed by atoms with Crippen LogP contribution >= 0.6 is 24.0 Å². The Morgan fingerprint density at radius 2 is 2.09 bits per heavy atom. The molecule has 0 heterocycles. The molecule has 0 atom stereocenters. The summed E-state index contributed by atoms with van der Waals surface area (Å²) in [4.78, 5) is 0. The Morgan fingerprint density at radius 1 is 1.55 bits per heavy atom. The smallest absolute Gasteiger partial charge is 0.376 e. The van der Waals surface area contributed by atoms with Crippen LogP contribution in [0.4, 0.5) is 13.2 Å². The van der Waals surface area contributed by atoms with Gasteiger partial charge in [-0.15, -0.1) is 0 Å². The van der Waals surface area contributed by atoms with Gasteiger partial charge in [-0.25, -0.2) is 0 Å². The Morgan fingerprint density at radius 3 is 2.45 bits per heavy atom. The lowest BCUT2D eigenvalue weighted by Gasteiger charge is -2.05. The lowest BCUT2D eigenvalue weighted by molar-refractivity contribution is -0.0327. The van der Waals surface area contributed by atoms with E-state index in [9.17, 15) is 13.2 Å². The van der Waals surface area contributed by atoms with Gasteiger partial charge in [0.25, 0.3) is 0 Å². The van der Waals surface area contributed by atoms with Gasteiger partial charge in [-0.3, -0.25) is 0 Å². The van der Waals surface area contributed by atoms with Crippen molar-refractivity contribution in [3.63, 3.8) is 0 Å². The zero-order valence-corrected chi connectivity index (χ0v) is 7.07. The van der Waals surface area contributed by atoms with Crippen molar-refractivity contribution < 1.29 is 13.2 Å². The van der Waals surface area contributed by atoms with E-state index in [4.69, 9.17) is 5.73 Å². The van der Waals surface area contributed by atoms with Gasteiger partial charge in [0.15, 0.2) is 5.11 Å². The molecule has 0 aromatic carbocycles. The summed E-state index contributed by atoms with van der Waals surface area (Å²) in [6, 6.07) is 0. The summed E-state index contributed by atoms with van der Waals surface area (Å²) in [5.41, 5.74) is 0.803. The third-order valence-electron chi connectivity index (χ3n) is 0.667. The molecule has 11 heavy (non-hydrogen) atoms. The molecule has 0 saturated heterocycles. The molecule has 2 nitrogen and oxygen atoms in total. The zero-order valence-electron chi connectivity index (χ0n) is 5.44. The minimum absolute atomic E-state index is 0.0211. The maximum atomic E-state index is 11.5. The minimum atomic E-state index is -4.17. The SMILES string of the molecule is NC(=S)NCCSC(F)(F)F. The lowest BCUT2D eigenvalue weighted by Crippen LogP contribution is -2.31. The predicted molar refractivity (Wildman–Crippen MR) is 43.3 cm³/mol. The van der Waals surface area contributed by atoms with E-state index in [1.165, 1.54) is 0 Å². The highest BCUT2D eigenvalue weighted by atomic mass is 32.2. The molecule has 0 radical (unpaired) electrons. The van der Waals surface area contributed by atoms with Crippen LogP contribution in [0.25, 0.3) is 0 Å². The van der Waals surface area contributed by atoms with E-state index in [0.29, 0.717) is 0 Å². The third kappa shape index (κ3) is 9.83. The number of rotatable bonds is 3. The van der Waals surface area contributed by atoms with Gasteiger partial charge in [-0.1, -0.05) is 0 Å². The van der Waals surface area contributed by atoms with Crippen molar-refractivity contribution in [2.75, 3.05) is 12.3 Å². The van der Waals surface area contributed by atoms with Crippen LogP contribution in [0.3, 0.4) is 0 Å². The number of thioether (sulfide) groups is 1. The first-order chi connectivity index (χ1) is 4.92. The quantitative estimate of drug-likeness (QED) is 0.533. The van der Waals surface area contributed by atoms with Gasteiger partial charge in [-0.2, -0.15) is 13.2 Å². The molecule has 0 aliphatic carbocycles. The molecule has 3 N–H and O–H groups in total. The second kappa shape index (κ2) is 4.66. The molecule has 0 aliphatic rings. The van der Waals surface area contributed by atoms with Crippen LogP contribution in [0, 0.1) is 0 Å². The fraction of sp³-hybridized carbons (Fsp3) is 0.750. The van der Waals surface area contributed by atoms with Gasteiger partial charge in [0.2, 0.25) is 0 Å². The molecule has 7 heteroatoms. The monoisotopic (exact) mass is 204 g/mol. The number of alkyl halides is 3. The van der Waals surface area contributed by atoms with Crippen LogP contribution < -0.4 is 11.1 Å². The molecule has 0 aromatic heterocycles. The Kier molecular flexibility index (Phi) is 4.58. The van der Waals surface area contributed by atoms with Crippen molar-refractivity contribution >= 4 is 29.1 Å². The molecule has 0 aliphatic heterocycles. The summed E-state index contributed by atoms with van der Waals surface area (Å²) >= 11 is 4.28. The molecule has 0 amide bonds. The van der Waals surface area contributed by atoms with Crippen molar-refractivity contribution in [1.82, 2.24) is 5.32 Å². The fourth-order valence-corrected chi connectivity index (χ4v) is 0.879. The summed E-state index contributed by atoms with van der Waals surface area (Å²) in [7, 11) is 0. The number of hydrogen-bond acceptors (Lipinski definition) is 2. The van der Waals surface area contributed by atoms with Gasteiger partial charge in [0.1, 0.15) is 0 Å². The van der Waals surface area contributed by atoms with Crippen molar-refractivity contribution in [2.45, 2.75) is 5.51 Å². The molecule has 0 fully saturated rings. The van der Waals surface area contributed by atoms with Crippen molar-refractivity contribution in [3.8, 4) is 0 Å². The van der Waals surface area contributed by atoms with Gasteiger partial charge in [-0.05, 0) is 24.0 Å². The van der Waals surface area contributed by atoms with E-state index in [1.54, 1.807) is 0 Å². The summed E-state index contributed by atoms with van der Waals surface area (Å²) in [6.07, 6.45) is 0. The molecule has 0 unspecified atom stereocenters. The topological polar surface area (TPSA) is 38.0 Å². The van der Waals surface area contributed by atoms with Crippen LogP contribution in [0.5, 0.6) is 0 Å². The standard InChI is InChI=1S/C4H7F3N2S2/c5-4(6,7)11-2-1-9-3(8)10/h1-2H2,(H3,8,9,10). The van der Waals surface area contributed by atoms with Crippen LogP contribution in [-0.2, 0) is 0 Å². The predicted octanol–water partition coefficient (Wildman–Crippen LogP) is 1.07. The maximum absolute atomic E-state index is 11.5. The molecule has 0 saturated carbocycles. The van der Waals surface area contributed by atoms with Crippen molar-refractivity contribution in [2.24, 2.45) is 5.73 Å². The normalized spacial score (nSPS) is 11.2. The summed E-state index contributed by atoms with van der Waals surface area (Å²) in [5, 5.41) is 2.43. The second-order valence-electron chi connectivity index (χ2n) is 1.59. The van der Waals surface area contributed by atoms with Crippen LogP contribution in [0.2, 0.25) is 0 Å². The van der Waals surface area contributed by atoms with Gasteiger partial charge in [0, 0.05) is 12.3 Å². The van der Waals surface area contributed by atoms with E-state index < -0.39 is 5.51 Å². The molecular formula is C4H7F3N2S2. The first-order valence-electron chi connectivity index (χ1n) is 2.66. The van der Waals surface area contributed by atoms with E-state index >= 15 is 0 Å². The molecule has 0 bridgehead atoms. The molecule has 0 rings (SSSR count). The Labute approximate surface area is 71.7 Å². The minimum Gasteiger partial charge on any atom is -0.376 e. The average molecular weight is 204 g/mol. The van der Waals surface area contributed by atoms with Gasteiger partial charge < -0.3 is 11.1 Å². The number of nitrogens with two attached hydrogens (primary N) is 1.